The second-order valence-electron chi connectivity index (χ2n) is 8.57. The summed E-state index contributed by atoms with van der Waals surface area (Å²) in [6.45, 7) is 0.155. The molecule has 0 radical (unpaired) electrons. The van der Waals surface area contributed by atoms with Gasteiger partial charge in [0.25, 0.3) is 0 Å². The van der Waals surface area contributed by atoms with E-state index in [1.807, 2.05) is 0 Å². The third-order valence-corrected chi connectivity index (χ3v) is 7.66. The van der Waals surface area contributed by atoms with Crippen LogP contribution in [0.4, 0.5) is 13.2 Å². The van der Waals surface area contributed by atoms with E-state index < -0.39 is 21.8 Å². The largest absolute Gasteiger partial charge is 0.497 e. The molecule has 37 heavy (non-hydrogen) atoms. The second kappa shape index (κ2) is 10.3. The van der Waals surface area contributed by atoms with Gasteiger partial charge in [-0.15, -0.1) is 0 Å². The van der Waals surface area contributed by atoms with Crippen LogP contribution in [0.15, 0.2) is 78.2 Å². The van der Waals surface area contributed by atoms with Gasteiger partial charge in [0, 0.05) is 50.7 Å². The Balaban J connectivity index is 1.66. The normalized spacial score (nSPS) is 12.2. The highest BCUT2D eigenvalue weighted by atomic mass is 32.2. The summed E-state index contributed by atoms with van der Waals surface area (Å²) in [6, 6.07) is 14.1. The molecule has 0 N–H and O–H groups in total. The molecular weight excluding hydrogens is 505 g/mol. The summed E-state index contributed by atoms with van der Waals surface area (Å²) < 4.78 is 73.7. The molecule has 0 bridgehead atoms. The molecule has 0 amide bonds. The first-order valence-corrected chi connectivity index (χ1v) is 12.6. The van der Waals surface area contributed by atoms with E-state index in [0.29, 0.717) is 28.3 Å². The van der Waals surface area contributed by atoms with Gasteiger partial charge in [0.05, 0.1) is 29.6 Å². The molecule has 11 heteroatoms. The average Bonchev–Trinajstić information content (AvgIpc) is 3.30. The summed E-state index contributed by atoms with van der Waals surface area (Å²) in [6.07, 6.45) is -0.143. The Hall–Kier alpha value is -3.70. The first-order chi connectivity index (χ1) is 17.5. The quantitative estimate of drug-likeness (QED) is 0.323. The van der Waals surface area contributed by atoms with Crippen LogP contribution in [-0.2, 0) is 36.2 Å². The van der Waals surface area contributed by atoms with Gasteiger partial charge >= 0.3 is 6.18 Å². The summed E-state index contributed by atoms with van der Waals surface area (Å²) in [4.78, 5) is 8.40. The molecule has 2 aromatic heterocycles. The van der Waals surface area contributed by atoms with Gasteiger partial charge in [-0.1, -0.05) is 18.2 Å². The van der Waals surface area contributed by atoms with Gasteiger partial charge in [0.15, 0.2) is 0 Å². The van der Waals surface area contributed by atoms with Crippen LogP contribution in [0.25, 0.3) is 11.3 Å². The Labute approximate surface area is 213 Å². The summed E-state index contributed by atoms with van der Waals surface area (Å²) in [5, 5.41) is 0. The van der Waals surface area contributed by atoms with E-state index in [4.69, 9.17) is 4.74 Å². The Morgan fingerprint density at radius 2 is 1.76 bits per heavy atom. The number of aromatic nitrogens is 3. The van der Waals surface area contributed by atoms with Crippen LogP contribution in [0.3, 0.4) is 0 Å². The molecule has 194 valence electrons. The van der Waals surface area contributed by atoms with E-state index in [9.17, 15) is 21.6 Å². The van der Waals surface area contributed by atoms with Crippen molar-refractivity contribution in [1.82, 2.24) is 18.8 Å². The van der Waals surface area contributed by atoms with Crippen molar-refractivity contribution < 1.29 is 26.3 Å². The number of imidazole rings is 1. The van der Waals surface area contributed by atoms with E-state index >= 15 is 0 Å². The molecule has 0 aliphatic carbocycles. The van der Waals surface area contributed by atoms with E-state index in [1.54, 1.807) is 67.6 Å². The number of hydrogen-bond acceptors (Lipinski definition) is 5. The van der Waals surface area contributed by atoms with Crippen molar-refractivity contribution in [2.45, 2.75) is 24.0 Å². The minimum absolute atomic E-state index is 0.0771. The lowest BCUT2D eigenvalue weighted by Crippen LogP contribution is -2.26. The zero-order valence-corrected chi connectivity index (χ0v) is 21.2. The maximum Gasteiger partial charge on any atom is 0.417 e. The SMILES string of the molecule is COc1ccc(CN(C)S(=O)(=O)c2ccc(Cc3ccc(C(F)(F)F)cn3)c(-c3cn(C)cn3)c2)cc1. The lowest BCUT2D eigenvalue weighted by molar-refractivity contribution is -0.137. The predicted molar refractivity (Wildman–Crippen MR) is 132 cm³/mol. The third kappa shape index (κ3) is 6.00. The Bertz CT molecular complexity index is 1480. The minimum Gasteiger partial charge on any atom is -0.497 e. The topological polar surface area (TPSA) is 77.3 Å². The van der Waals surface area contributed by atoms with Crippen LogP contribution in [0.2, 0.25) is 0 Å². The van der Waals surface area contributed by atoms with Crippen LogP contribution in [0.1, 0.15) is 22.4 Å². The fourth-order valence-electron chi connectivity index (χ4n) is 3.81. The maximum absolute atomic E-state index is 13.4. The molecule has 4 aromatic rings. The number of pyridine rings is 1. The van der Waals surface area contributed by atoms with Crippen LogP contribution in [0.5, 0.6) is 5.75 Å². The first kappa shape index (κ1) is 26.4. The monoisotopic (exact) mass is 530 g/mol. The fraction of sp³-hybridized carbons (Fsp3) is 0.231. The predicted octanol–water partition coefficient (Wildman–Crippen LogP) is 4.92. The minimum atomic E-state index is -4.47. The van der Waals surface area contributed by atoms with Crippen LogP contribution >= 0.6 is 0 Å². The van der Waals surface area contributed by atoms with Crippen molar-refractivity contribution >= 4 is 10.0 Å². The van der Waals surface area contributed by atoms with E-state index in [-0.39, 0.29) is 17.9 Å². The molecule has 0 unspecified atom stereocenters. The molecule has 2 aromatic carbocycles. The summed E-state index contributed by atoms with van der Waals surface area (Å²) in [7, 11) is 0.985. The highest BCUT2D eigenvalue weighted by molar-refractivity contribution is 7.89. The van der Waals surface area contributed by atoms with Crippen molar-refractivity contribution in [3.63, 3.8) is 0 Å². The average molecular weight is 531 g/mol. The summed E-state index contributed by atoms with van der Waals surface area (Å²) in [5.74, 6) is 0.674. The van der Waals surface area contributed by atoms with Crippen LogP contribution in [-0.4, -0.2) is 41.4 Å². The standard InChI is InChI=1S/C26H25F3N4O3S/c1-32-16-25(31-17-32)24-13-23(37(34,35)33(2)15-18-4-9-22(36-3)10-5-18)11-6-19(24)12-21-8-7-20(14-30-21)26(27,28)29/h4-11,13-14,16-17H,12,15H2,1-3H3. The van der Waals surface area contributed by atoms with Gasteiger partial charge in [0.2, 0.25) is 10.0 Å². The molecular formula is C26H25F3N4O3S. The van der Waals surface area contributed by atoms with E-state index in [0.717, 1.165) is 17.8 Å². The van der Waals surface area contributed by atoms with Gasteiger partial charge in [0.1, 0.15) is 5.75 Å². The lowest BCUT2D eigenvalue weighted by Gasteiger charge is -2.19. The third-order valence-electron chi connectivity index (χ3n) is 5.86. The van der Waals surface area contributed by atoms with Crippen LogP contribution in [0, 0.1) is 0 Å². The molecule has 0 aliphatic rings. The van der Waals surface area contributed by atoms with Crippen LogP contribution < -0.4 is 4.74 Å². The highest BCUT2D eigenvalue weighted by Gasteiger charge is 2.30. The zero-order valence-electron chi connectivity index (χ0n) is 20.4. The Morgan fingerprint density at radius 1 is 1.03 bits per heavy atom. The number of rotatable bonds is 8. The lowest BCUT2D eigenvalue weighted by atomic mass is 10.0. The van der Waals surface area contributed by atoms with Gasteiger partial charge in [-0.25, -0.2) is 13.4 Å². The summed E-state index contributed by atoms with van der Waals surface area (Å²) in [5.41, 5.74) is 2.16. The molecule has 0 spiro atoms. The van der Waals surface area contributed by atoms with E-state index in [1.165, 1.54) is 23.5 Å². The Morgan fingerprint density at radius 3 is 2.32 bits per heavy atom. The molecule has 0 fully saturated rings. The number of nitrogens with zero attached hydrogens (tertiary/aromatic N) is 4. The van der Waals surface area contributed by atoms with Crippen molar-refractivity contribution in [2.24, 2.45) is 7.05 Å². The number of halogens is 3. The smallest absolute Gasteiger partial charge is 0.417 e. The first-order valence-electron chi connectivity index (χ1n) is 11.2. The molecule has 0 saturated heterocycles. The van der Waals surface area contributed by atoms with E-state index in [2.05, 4.69) is 9.97 Å². The zero-order chi connectivity index (χ0) is 26.8. The van der Waals surface area contributed by atoms with Crippen molar-refractivity contribution in [3.05, 3.63) is 95.7 Å². The molecule has 2 heterocycles. The fourth-order valence-corrected chi connectivity index (χ4v) is 4.99. The van der Waals surface area contributed by atoms with Gasteiger partial charge in [-0.3, -0.25) is 4.98 Å². The highest BCUT2D eigenvalue weighted by Crippen LogP contribution is 2.31. The number of hydrogen-bond donors (Lipinski definition) is 0. The molecule has 0 saturated carbocycles. The molecule has 7 nitrogen and oxygen atoms in total. The number of alkyl halides is 3. The van der Waals surface area contributed by atoms with Crippen molar-refractivity contribution in [3.8, 4) is 17.0 Å². The van der Waals surface area contributed by atoms with Gasteiger partial charge in [-0.05, 0) is 47.5 Å². The number of aryl methyl sites for hydroxylation is 1. The van der Waals surface area contributed by atoms with Gasteiger partial charge < -0.3 is 9.30 Å². The summed E-state index contributed by atoms with van der Waals surface area (Å²) >= 11 is 0. The number of ether oxygens (including phenoxy) is 1. The van der Waals surface area contributed by atoms with Crippen molar-refractivity contribution in [1.29, 1.82) is 0 Å². The second-order valence-corrected chi connectivity index (χ2v) is 10.6. The molecule has 4 rings (SSSR count). The number of benzene rings is 2. The molecule has 0 aliphatic heterocycles. The van der Waals surface area contributed by atoms with Gasteiger partial charge in [-0.2, -0.15) is 17.5 Å². The Kier molecular flexibility index (Phi) is 7.37. The maximum atomic E-state index is 13.4. The molecule has 0 atom stereocenters. The number of methoxy groups -OCH3 is 1. The van der Waals surface area contributed by atoms with Crippen molar-refractivity contribution in [2.75, 3.05) is 14.2 Å². The number of sulfonamides is 1.